The van der Waals surface area contributed by atoms with E-state index in [4.69, 9.17) is 4.98 Å². The Hall–Kier alpha value is -3.65. The second kappa shape index (κ2) is 7.24. The number of hydrogen-bond acceptors (Lipinski definition) is 5. The van der Waals surface area contributed by atoms with Crippen LogP contribution in [0.4, 0.5) is 4.39 Å². The summed E-state index contributed by atoms with van der Waals surface area (Å²) in [4.78, 5) is 17.1. The second-order valence-electron chi connectivity index (χ2n) is 7.91. The number of imidazole rings is 1. The number of nitrogens with zero attached hydrogens (tertiary/aromatic N) is 4. The second-order valence-corrected chi connectivity index (χ2v) is 7.91. The summed E-state index contributed by atoms with van der Waals surface area (Å²) < 4.78 is 13.4. The van der Waals surface area contributed by atoms with Crippen LogP contribution >= 0.6 is 0 Å². The third-order valence-electron chi connectivity index (χ3n) is 6.01. The highest BCUT2D eigenvalue weighted by atomic mass is 19.1. The summed E-state index contributed by atoms with van der Waals surface area (Å²) in [5, 5.41) is 11.9. The van der Waals surface area contributed by atoms with Gasteiger partial charge >= 0.3 is 0 Å². The van der Waals surface area contributed by atoms with Crippen molar-refractivity contribution in [2.75, 3.05) is 13.1 Å². The fourth-order valence-corrected chi connectivity index (χ4v) is 4.36. The molecule has 1 aliphatic rings. The summed E-state index contributed by atoms with van der Waals surface area (Å²) in [6, 6.07) is 10.5. The Morgan fingerprint density at radius 3 is 2.65 bits per heavy atom. The summed E-state index contributed by atoms with van der Waals surface area (Å²) in [5.41, 5.74) is 5.85. The molecular weight excluding hydrogens is 393 g/mol. The largest absolute Gasteiger partial charge is 0.321 e. The Kier molecular flexibility index (Phi) is 4.24. The molecule has 0 amide bonds. The zero-order valence-electron chi connectivity index (χ0n) is 16.7. The maximum absolute atomic E-state index is 13.4. The van der Waals surface area contributed by atoms with E-state index >= 15 is 0 Å². The van der Waals surface area contributed by atoms with E-state index in [2.05, 4.69) is 36.5 Å². The molecule has 3 N–H and O–H groups in total. The van der Waals surface area contributed by atoms with Crippen LogP contribution in [0.15, 0.2) is 48.8 Å². The molecule has 0 radical (unpaired) electrons. The molecule has 154 valence electrons. The van der Waals surface area contributed by atoms with Crippen LogP contribution in [0, 0.1) is 5.82 Å². The smallest absolute Gasteiger partial charge is 0.161 e. The van der Waals surface area contributed by atoms with Crippen molar-refractivity contribution >= 4 is 22.2 Å². The van der Waals surface area contributed by atoms with Crippen molar-refractivity contribution in [3.63, 3.8) is 0 Å². The van der Waals surface area contributed by atoms with Crippen molar-refractivity contribution in [2.24, 2.45) is 0 Å². The van der Waals surface area contributed by atoms with Gasteiger partial charge in [0.1, 0.15) is 17.0 Å². The highest BCUT2D eigenvalue weighted by Crippen LogP contribution is 2.32. The molecule has 6 rings (SSSR count). The quantitative estimate of drug-likeness (QED) is 0.413. The Morgan fingerprint density at radius 2 is 1.81 bits per heavy atom. The lowest BCUT2D eigenvalue weighted by atomic mass is 9.91. The van der Waals surface area contributed by atoms with Crippen molar-refractivity contribution in [2.45, 2.75) is 18.8 Å². The van der Waals surface area contributed by atoms with Gasteiger partial charge in [0.05, 0.1) is 5.39 Å². The number of pyridine rings is 2. The lowest BCUT2D eigenvalue weighted by Gasteiger charge is -2.22. The molecule has 0 aliphatic carbocycles. The summed E-state index contributed by atoms with van der Waals surface area (Å²) in [5.74, 6) is 0.868. The number of H-pyrrole nitrogens is 2. The fourth-order valence-electron chi connectivity index (χ4n) is 4.36. The minimum Gasteiger partial charge on any atom is -0.321 e. The van der Waals surface area contributed by atoms with Gasteiger partial charge in [-0.3, -0.25) is 5.10 Å². The number of piperidine rings is 1. The van der Waals surface area contributed by atoms with E-state index in [0.29, 0.717) is 17.4 Å². The predicted molar refractivity (Wildman–Crippen MR) is 117 cm³/mol. The van der Waals surface area contributed by atoms with Crippen LogP contribution in [0.5, 0.6) is 0 Å². The van der Waals surface area contributed by atoms with Crippen LogP contribution in [0.2, 0.25) is 0 Å². The first kappa shape index (κ1) is 18.1. The zero-order valence-corrected chi connectivity index (χ0v) is 16.7. The normalized spacial score (nSPS) is 15.1. The number of fused-ring (bicyclic) bond motifs is 2. The average Bonchev–Trinajstić information content (AvgIpc) is 3.43. The molecule has 1 aliphatic heterocycles. The van der Waals surface area contributed by atoms with E-state index in [-0.39, 0.29) is 5.82 Å². The van der Waals surface area contributed by atoms with Gasteiger partial charge in [-0.25, -0.2) is 19.3 Å². The van der Waals surface area contributed by atoms with E-state index in [1.54, 1.807) is 18.3 Å². The van der Waals surface area contributed by atoms with Gasteiger partial charge in [-0.2, -0.15) is 5.10 Å². The number of aromatic amines is 2. The maximum atomic E-state index is 13.4. The molecule has 0 saturated carbocycles. The minimum absolute atomic E-state index is 0.267. The summed E-state index contributed by atoms with van der Waals surface area (Å²) in [6.07, 6.45) is 5.89. The molecule has 1 aromatic carbocycles. The Morgan fingerprint density at radius 1 is 0.968 bits per heavy atom. The Balaban J connectivity index is 1.46. The molecule has 0 unspecified atom stereocenters. The lowest BCUT2D eigenvalue weighted by Crippen LogP contribution is -2.26. The third kappa shape index (κ3) is 3.16. The van der Waals surface area contributed by atoms with Crippen LogP contribution in [-0.4, -0.2) is 43.2 Å². The van der Waals surface area contributed by atoms with Crippen molar-refractivity contribution in [3.05, 3.63) is 60.2 Å². The first-order valence-electron chi connectivity index (χ1n) is 10.4. The molecule has 1 fully saturated rings. The van der Waals surface area contributed by atoms with E-state index in [0.717, 1.165) is 59.3 Å². The molecule has 4 aromatic heterocycles. The standard InChI is InChI=1S/C23H20FN7/c24-16-3-1-14(2-4-16)17-7-10-26-22-19(17)28-23(29-22)20-18-11-15(12-27-21(18)31-30-20)13-5-8-25-9-6-13/h1-4,7,10-13,25H,5-6,8-9H2,(H,26,28,29)(H,27,30,31). The van der Waals surface area contributed by atoms with E-state index in [9.17, 15) is 4.39 Å². The lowest BCUT2D eigenvalue weighted by molar-refractivity contribution is 0.460. The van der Waals surface area contributed by atoms with Gasteiger partial charge < -0.3 is 10.3 Å². The van der Waals surface area contributed by atoms with Gasteiger partial charge in [0.2, 0.25) is 0 Å². The summed E-state index contributed by atoms with van der Waals surface area (Å²) in [7, 11) is 0. The van der Waals surface area contributed by atoms with Gasteiger partial charge in [-0.15, -0.1) is 0 Å². The number of hydrogen-bond donors (Lipinski definition) is 3. The molecule has 1 saturated heterocycles. The molecule has 0 bridgehead atoms. The van der Waals surface area contributed by atoms with Gasteiger partial charge in [0.25, 0.3) is 0 Å². The molecule has 5 aromatic rings. The monoisotopic (exact) mass is 413 g/mol. The maximum Gasteiger partial charge on any atom is 0.161 e. The van der Waals surface area contributed by atoms with E-state index < -0.39 is 0 Å². The van der Waals surface area contributed by atoms with Crippen molar-refractivity contribution in [1.82, 2.24) is 35.5 Å². The van der Waals surface area contributed by atoms with Crippen LogP contribution in [-0.2, 0) is 0 Å². The Labute approximate surface area is 177 Å². The Bertz CT molecular complexity index is 1380. The van der Waals surface area contributed by atoms with Crippen molar-refractivity contribution < 1.29 is 4.39 Å². The van der Waals surface area contributed by atoms with E-state index in [1.807, 2.05) is 12.3 Å². The molecule has 5 heterocycles. The van der Waals surface area contributed by atoms with Crippen LogP contribution < -0.4 is 5.32 Å². The number of rotatable bonds is 3. The molecule has 0 spiro atoms. The van der Waals surface area contributed by atoms with Gasteiger partial charge in [0, 0.05) is 18.0 Å². The molecule has 31 heavy (non-hydrogen) atoms. The molecule has 7 nitrogen and oxygen atoms in total. The van der Waals surface area contributed by atoms with E-state index in [1.165, 1.54) is 17.7 Å². The number of nitrogens with one attached hydrogen (secondary N) is 3. The van der Waals surface area contributed by atoms with Gasteiger partial charge in [0.15, 0.2) is 17.1 Å². The highest BCUT2D eigenvalue weighted by Gasteiger charge is 2.20. The summed E-state index contributed by atoms with van der Waals surface area (Å²) in [6.45, 7) is 2.06. The average molecular weight is 413 g/mol. The van der Waals surface area contributed by atoms with Crippen molar-refractivity contribution in [3.8, 4) is 22.6 Å². The zero-order chi connectivity index (χ0) is 20.8. The fraction of sp³-hybridized carbons (Fsp3) is 0.217. The first-order chi connectivity index (χ1) is 15.3. The predicted octanol–water partition coefficient (Wildman–Crippen LogP) is 4.17. The van der Waals surface area contributed by atoms with Crippen LogP contribution in [0.3, 0.4) is 0 Å². The summed E-state index contributed by atoms with van der Waals surface area (Å²) >= 11 is 0. The highest BCUT2D eigenvalue weighted by molar-refractivity contribution is 5.95. The molecule has 0 atom stereocenters. The molecule has 8 heteroatoms. The van der Waals surface area contributed by atoms with Crippen LogP contribution in [0.25, 0.3) is 44.8 Å². The van der Waals surface area contributed by atoms with Crippen LogP contribution in [0.1, 0.15) is 24.3 Å². The van der Waals surface area contributed by atoms with Gasteiger partial charge in [-0.1, -0.05) is 12.1 Å². The van der Waals surface area contributed by atoms with Gasteiger partial charge in [-0.05, 0) is 67.2 Å². The van der Waals surface area contributed by atoms with Crippen molar-refractivity contribution in [1.29, 1.82) is 0 Å². The third-order valence-corrected chi connectivity index (χ3v) is 6.01. The molecular formula is C23H20FN7. The number of aromatic nitrogens is 6. The number of halogens is 1. The first-order valence-corrected chi connectivity index (χ1v) is 10.4. The minimum atomic E-state index is -0.267. The topological polar surface area (TPSA) is 95.2 Å². The SMILES string of the molecule is Fc1ccc(-c2ccnc3[nH]c(-c4n[nH]c5ncc(C6CCNCC6)cc45)nc23)cc1. The number of benzene rings is 1.